The van der Waals surface area contributed by atoms with Crippen LogP contribution in [0.5, 0.6) is 0 Å². The van der Waals surface area contributed by atoms with E-state index in [0.717, 1.165) is 25.3 Å². The van der Waals surface area contributed by atoms with Gasteiger partial charge < -0.3 is 0 Å². The summed E-state index contributed by atoms with van der Waals surface area (Å²) < 4.78 is 45.6. The average molecular weight is 207 g/mol. The lowest BCUT2D eigenvalue weighted by molar-refractivity contribution is 0.538. The normalized spacial score (nSPS) is 14.1. The zero-order valence-corrected chi connectivity index (χ0v) is 7.55. The van der Waals surface area contributed by atoms with Crippen molar-refractivity contribution >= 4 is 10.2 Å². The van der Waals surface area contributed by atoms with Gasteiger partial charge in [-0.2, -0.15) is 8.42 Å². The van der Waals surface area contributed by atoms with E-state index >= 15 is 0 Å². The minimum absolute atomic E-state index is 0.0103. The Hall–Kier alpha value is -1.04. The first-order valence-corrected chi connectivity index (χ1v) is 4.91. The number of nitrogens with zero attached hydrogens (tertiary/aromatic N) is 1. The Morgan fingerprint density at radius 2 is 2.08 bits per heavy atom. The molecular formula is C7H7F2NO2S. The van der Waals surface area contributed by atoms with Gasteiger partial charge in [0.05, 0.1) is 11.9 Å². The molecule has 6 heteroatoms. The topological polar surface area (TPSA) is 47.0 Å². The first-order valence-electron chi connectivity index (χ1n) is 3.46. The van der Waals surface area contributed by atoms with Crippen LogP contribution in [0.25, 0.3) is 0 Å². The third-order valence-corrected chi connectivity index (χ3v) is 2.68. The van der Waals surface area contributed by atoms with Crippen LogP contribution in [0, 0.1) is 5.82 Å². The van der Waals surface area contributed by atoms with Crippen molar-refractivity contribution in [2.45, 2.75) is 12.2 Å². The van der Waals surface area contributed by atoms with E-state index in [0.29, 0.717) is 0 Å². The van der Waals surface area contributed by atoms with Crippen molar-refractivity contribution in [3.8, 4) is 0 Å². The minimum Gasteiger partial charge on any atom is -0.257 e. The molecule has 1 atom stereocenters. The molecule has 0 spiro atoms. The molecule has 0 N–H and O–H groups in total. The summed E-state index contributed by atoms with van der Waals surface area (Å²) in [7, 11) is -4.65. The Morgan fingerprint density at radius 3 is 2.46 bits per heavy atom. The molecule has 0 aliphatic heterocycles. The molecule has 1 unspecified atom stereocenters. The summed E-state index contributed by atoms with van der Waals surface area (Å²) in [6.45, 7) is 1.15. The number of aromatic nitrogens is 1. The second kappa shape index (κ2) is 3.37. The van der Waals surface area contributed by atoms with Gasteiger partial charge in [-0.05, 0) is 19.1 Å². The Labute approximate surface area is 74.6 Å². The maximum absolute atomic E-state index is 12.4. The predicted octanol–water partition coefficient (Wildman–Crippen LogP) is 1.58. The highest BCUT2D eigenvalue weighted by Gasteiger charge is 2.22. The molecule has 72 valence electrons. The van der Waals surface area contributed by atoms with Gasteiger partial charge in [0.1, 0.15) is 11.1 Å². The smallest absolute Gasteiger partial charge is 0.257 e. The molecule has 1 aromatic heterocycles. The van der Waals surface area contributed by atoms with Crippen molar-refractivity contribution in [3.05, 3.63) is 29.8 Å². The zero-order valence-electron chi connectivity index (χ0n) is 6.74. The molecule has 0 radical (unpaired) electrons. The maximum atomic E-state index is 12.4. The molecule has 0 aliphatic rings. The summed E-state index contributed by atoms with van der Waals surface area (Å²) in [5.41, 5.74) is -0.0103. The molecule has 0 amide bonds. The molecule has 0 saturated carbocycles. The Kier molecular flexibility index (Phi) is 2.60. The Bertz CT molecular complexity index is 387. The molecule has 0 aliphatic carbocycles. The average Bonchev–Trinajstić information content (AvgIpc) is 2.03. The second-order valence-corrected chi connectivity index (χ2v) is 4.18. The van der Waals surface area contributed by atoms with Gasteiger partial charge in [0.2, 0.25) is 0 Å². The predicted molar refractivity (Wildman–Crippen MR) is 42.6 cm³/mol. The van der Waals surface area contributed by atoms with Gasteiger partial charge in [0, 0.05) is 0 Å². The van der Waals surface area contributed by atoms with E-state index in [9.17, 15) is 16.7 Å². The highest BCUT2D eigenvalue weighted by atomic mass is 32.3. The van der Waals surface area contributed by atoms with E-state index in [-0.39, 0.29) is 5.69 Å². The van der Waals surface area contributed by atoms with Crippen LogP contribution >= 0.6 is 0 Å². The van der Waals surface area contributed by atoms with Crippen molar-refractivity contribution in [2.75, 3.05) is 0 Å². The fourth-order valence-corrected chi connectivity index (χ4v) is 1.20. The van der Waals surface area contributed by atoms with E-state index < -0.39 is 21.3 Å². The summed E-state index contributed by atoms with van der Waals surface area (Å²) in [4.78, 5) is 3.45. The minimum atomic E-state index is -4.65. The van der Waals surface area contributed by atoms with Crippen molar-refractivity contribution in [3.63, 3.8) is 0 Å². The lowest BCUT2D eigenvalue weighted by atomic mass is 10.3. The third kappa shape index (κ3) is 2.45. The first-order chi connectivity index (χ1) is 5.91. The maximum Gasteiger partial charge on any atom is 0.310 e. The van der Waals surface area contributed by atoms with Gasteiger partial charge >= 0.3 is 10.2 Å². The largest absolute Gasteiger partial charge is 0.310 e. The summed E-state index contributed by atoms with van der Waals surface area (Å²) in [5.74, 6) is -0.591. The lowest BCUT2D eigenvalue weighted by Crippen LogP contribution is -2.05. The molecule has 3 nitrogen and oxygen atoms in total. The lowest BCUT2D eigenvalue weighted by Gasteiger charge is -2.04. The van der Waals surface area contributed by atoms with Gasteiger partial charge in [0.15, 0.2) is 0 Å². The van der Waals surface area contributed by atoms with E-state index in [2.05, 4.69) is 4.98 Å². The number of hydrogen-bond donors (Lipinski definition) is 0. The summed E-state index contributed by atoms with van der Waals surface area (Å²) in [5, 5.41) is -1.35. The molecular weight excluding hydrogens is 200 g/mol. The molecule has 13 heavy (non-hydrogen) atoms. The quantitative estimate of drug-likeness (QED) is 0.692. The number of pyridine rings is 1. The van der Waals surface area contributed by atoms with Crippen molar-refractivity contribution in [2.24, 2.45) is 0 Å². The zero-order chi connectivity index (χ0) is 10.1. The molecule has 0 aromatic carbocycles. The van der Waals surface area contributed by atoms with Crippen LogP contribution in [0.15, 0.2) is 18.3 Å². The van der Waals surface area contributed by atoms with E-state index in [1.54, 1.807) is 0 Å². The number of rotatable bonds is 2. The van der Waals surface area contributed by atoms with Gasteiger partial charge in [-0.3, -0.25) is 4.98 Å². The van der Waals surface area contributed by atoms with Crippen molar-refractivity contribution in [1.82, 2.24) is 4.98 Å². The number of hydrogen-bond acceptors (Lipinski definition) is 3. The van der Waals surface area contributed by atoms with Crippen molar-refractivity contribution < 1.29 is 16.7 Å². The van der Waals surface area contributed by atoms with E-state index in [4.69, 9.17) is 0 Å². The van der Waals surface area contributed by atoms with Crippen LogP contribution in [0.4, 0.5) is 8.28 Å². The Balaban J connectivity index is 3.04. The van der Waals surface area contributed by atoms with Gasteiger partial charge in [-0.1, -0.05) is 0 Å². The monoisotopic (exact) mass is 207 g/mol. The van der Waals surface area contributed by atoms with Crippen LogP contribution in [0.1, 0.15) is 17.9 Å². The van der Waals surface area contributed by atoms with Gasteiger partial charge in [0.25, 0.3) is 0 Å². The Morgan fingerprint density at radius 1 is 1.46 bits per heavy atom. The van der Waals surface area contributed by atoms with Gasteiger partial charge in [-0.15, -0.1) is 3.89 Å². The van der Waals surface area contributed by atoms with Gasteiger partial charge in [-0.25, -0.2) is 4.39 Å². The molecule has 0 bridgehead atoms. The molecule has 1 rings (SSSR count). The SMILES string of the molecule is CC(c1ccc(F)cn1)S(=O)(=O)F. The molecule has 0 fully saturated rings. The first kappa shape index (κ1) is 10.0. The summed E-state index contributed by atoms with van der Waals surface area (Å²) in [6.07, 6.45) is 0.844. The standard InChI is InChI=1S/C7H7F2NO2S/c1-5(13(9,11)12)7-3-2-6(8)4-10-7/h2-5H,1H3. The van der Waals surface area contributed by atoms with E-state index in [1.807, 2.05) is 0 Å². The molecule has 1 aromatic rings. The summed E-state index contributed by atoms with van der Waals surface area (Å²) in [6, 6.07) is 2.17. The fraction of sp³-hybridized carbons (Fsp3) is 0.286. The number of halogens is 2. The van der Waals surface area contributed by atoms with Crippen LogP contribution in [0.3, 0.4) is 0 Å². The van der Waals surface area contributed by atoms with Crippen LogP contribution in [-0.2, 0) is 10.2 Å². The third-order valence-electron chi connectivity index (χ3n) is 1.59. The highest BCUT2D eigenvalue weighted by molar-refractivity contribution is 7.86. The van der Waals surface area contributed by atoms with Crippen LogP contribution < -0.4 is 0 Å². The highest BCUT2D eigenvalue weighted by Crippen LogP contribution is 2.20. The summed E-state index contributed by atoms with van der Waals surface area (Å²) >= 11 is 0. The molecule has 1 heterocycles. The molecule has 0 saturated heterocycles. The fourth-order valence-electron chi connectivity index (χ4n) is 0.772. The second-order valence-electron chi connectivity index (χ2n) is 2.52. The van der Waals surface area contributed by atoms with Crippen molar-refractivity contribution in [1.29, 1.82) is 0 Å². The van der Waals surface area contributed by atoms with Crippen LogP contribution in [-0.4, -0.2) is 13.4 Å². The van der Waals surface area contributed by atoms with E-state index in [1.165, 1.54) is 0 Å². The van der Waals surface area contributed by atoms with Crippen LogP contribution in [0.2, 0.25) is 0 Å².